The van der Waals surface area contributed by atoms with Gasteiger partial charge in [0.25, 0.3) is 0 Å². The molecular formula is C25H23Cl2N3O3S. The fraction of sp³-hybridized carbons (Fsp3) is 0.200. The molecule has 0 aliphatic heterocycles. The van der Waals surface area contributed by atoms with Crippen LogP contribution in [0.15, 0.2) is 54.6 Å². The molecule has 0 saturated carbocycles. The molecule has 0 saturated heterocycles. The van der Waals surface area contributed by atoms with Crippen LogP contribution in [0.1, 0.15) is 22.3 Å². The molecule has 0 aliphatic rings. The van der Waals surface area contributed by atoms with E-state index in [1.165, 1.54) is 0 Å². The van der Waals surface area contributed by atoms with Gasteiger partial charge >= 0.3 is 0 Å². The summed E-state index contributed by atoms with van der Waals surface area (Å²) in [7, 11) is 3.87. The van der Waals surface area contributed by atoms with Crippen molar-refractivity contribution in [3.05, 3.63) is 86.9 Å². The molecule has 3 aromatic rings. The lowest BCUT2D eigenvalue weighted by Gasteiger charge is -2.15. The van der Waals surface area contributed by atoms with Crippen LogP contribution in [0.3, 0.4) is 0 Å². The van der Waals surface area contributed by atoms with Crippen molar-refractivity contribution in [3.63, 3.8) is 0 Å². The van der Waals surface area contributed by atoms with Crippen LogP contribution in [-0.4, -0.2) is 33.7 Å². The summed E-state index contributed by atoms with van der Waals surface area (Å²) in [5, 5.41) is 13.1. The van der Waals surface area contributed by atoms with Gasteiger partial charge in [-0.05, 0) is 54.5 Å². The van der Waals surface area contributed by atoms with Crippen LogP contribution >= 0.6 is 23.2 Å². The number of anilines is 1. The van der Waals surface area contributed by atoms with E-state index in [9.17, 15) is 14.3 Å². The predicted molar refractivity (Wildman–Crippen MR) is 137 cm³/mol. The van der Waals surface area contributed by atoms with Crippen molar-refractivity contribution in [2.75, 3.05) is 19.4 Å². The molecule has 0 bridgehead atoms. The van der Waals surface area contributed by atoms with Crippen molar-refractivity contribution in [1.82, 2.24) is 4.90 Å². The topological polar surface area (TPSA) is 93.4 Å². The van der Waals surface area contributed by atoms with Gasteiger partial charge in [0.2, 0.25) is 5.91 Å². The fourth-order valence-electron chi connectivity index (χ4n) is 3.52. The minimum Gasteiger partial charge on any atom is -0.326 e. The third-order valence-corrected chi connectivity index (χ3v) is 6.19. The van der Waals surface area contributed by atoms with Crippen LogP contribution in [-0.2, 0) is 34.6 Å². The van der Waals surface area contributed by atoms with E-state index < -0.39 is 11.1 Å². The molecule has 34 heavy (non-hydrogen) atoms. The van der Waals surface area contributed by atoms with Gasteiger partial charge in [0.1, 0.15) is 0 Å². The van der Waals surface area contributed by atoms with E-state index >= 15 is 0 Å². The molecule has 3 aromatic carbocycles. The third-order valence-electron chi connectivity index (χ3n) is 5.01. The monoisotopic (exact) mass is 515 g/mol. The fourth-order valence-corrected chi connectivity index (χ4v) is 4.71. The molecule has 1 unspecified atom stereocenters. The molecule has 1 amide bonds. The summed E-state index contributed by atoms with van der Waals surface area (Å²) in [6.07, 6.45) is 0.123. The highest BCUT2D eigenvalue weighted by Gasteiger charge is 2.15. The van der Waals surface area contributed by atoms with Crippen LogP contribution in [0, 0.1) is 11.3 Å². The van der Waals surface area contributed by atoms with E-state index in [0.717, 1.165) is 16.7 Å². The maximum absolute atomic E-state index is 12.5. The van der Waals surface area contributed by atoms with E-state index in [-0.39, 0.29) is 18.1 Å². The molecule has 9 heteroatoms. The Hall–Kier alpha value is -2.73. The van der Waals surface area contributed by atoms with Gasteiger partial charge in [-0.15, -0.1) is 0 Å². The SMILES string of the molecule is CN(C)Cc1ccc(-c2c(Cl)cc(NC(=O)Cc3ccc(CS(=O)O)cc3)cc2Cl)cc1C#N. The van der Waals surface area contributed by atoms with Gasteiger partial charge in [-0.25, -0.2) is 4.21 Å². The molecule has 0 radical (unpaired) electrons. The van der Waals surface area contributed by atoms with Crippen LogP contribution in [0.4, 0.5) is 5.69 Å². The standard InChI is InChI=1S/C25H23Cl2N3O3S/c1-30(2)14-19-8-7-18(10-20(19)13-28)25-22(26)11-21(12-23(25)27)29-24(31)9-16-3-5-17(6-4-16)15-34(32)33/h3-8,10-12H,9,14-15H2,1-2H3,(H,29,31)(H,32,33). The van der Waals surface area contributed by atoms with Gasteiger partial charge in [-0.2, -0.15) is 5.26 Å². The lowest BCUT2D eigenvalue weighted by atomic mass is 9.99. The largest absolute Gasteiger partial charge is 0.326 e. The maximum atomic E-state index is 12.5. The number of carbonyl (C=O) groups excluding carboxylic acids is 1. The van der Waals surface area contributed by atoms with Crippen molar-refractivity contribution in [3.8, 4) is 17.2 Å². The molecule has 0 spiro atoms. The molecule has 1 atom stereocenters. The summed E-state index contributed by atoms with van der Waals surface area (Å²) in [6.45, 7) is 0.638. The van der Waals surface area contributed by atoms with E-state index in [4.69, 9.17) is 27.8 Å². The van der Waals surface area contributed by atoms with Crippen LogP contribution in [0.2, 0.25) is 10.0 Å². The quantitative estimate of drug-likeness (QED) is 0.386. The first-order valence-electron chi connectivity index (χ1n) is 10.3. The average molecular weight is 516 g/mol. The van der Waals surface area contributed by atoms with Crippen molar-refractivity contribution in [1.29, 1.82) is 5.26 Å². The summed E-state index contributed by atoms with van der Waals surface area (Å²) < 4.78 is 19.9. The molecule has 0 fully saturated rings. The highest BCUT2D eigenvalue weighted by atomic mass is 35.5. The normalized spacial score (nSPS) is 11.8. The highest BCUT2D eigenvalue weighted by Crippen LogP contribution is 2.38. The van der Waals surface area contributed by atoms with Crippen molar-refractivity contribution in [2.24, 2.45) is 0 Å². The van der Waals surface area contributed by atoms with Gasteiger partial charge in [-0.1, -0.05) is 59.6 Å². The Kier molecular flexibility index (Phi) is 8.84. The summed E-state index contributed by atoms with van der Waals surface area (Å²) in [4.78, 5) is 14.5. The highest BCUT2D eigenvalue weighted by molar-refractivity contribution is 7.78. The zero-order valence-electron chi connectivity index (χ0n) is 18.6. The number of nitrogens with zero attached hydrogens (tertiary/aromatic N) is 2. The predicted octanol–water partition coefficient (Wildman–Crippen LogP) is 5.50. The molecule has 0 aromatic heterocycles. The molecule has 6 nitrogen and oxygen atoms in total. The second kappa shape index (κ2) is 11.6. The maximum Gasteiger partial charge on any atom is 0.228 e. The van der Waals surface area contributed by atoms with Crippen molar-refractivity contribution in [2.45, 2.75) is 18.7 Å². The zero-order chi connectivity index (χ0) is 24.8. The number of amides is 1. The van der Waals surface area contributed by atoms with Crippen LogP contribution in [0.5, 0.6) is 0 Å². The molecule has 3 rings (SSSR count). The van der Waals surface area contributed by atoms with Gasteiger partial charge in [0.15, 0.2) is 11.1 Å². The number of nitrogens with one attached hydrogen (secondary N) is 1. The second-order valence-corrected chi connectivity index (χ2v) is 9.79. The Morgan fingerprint density at radius 2 is 1.68 bits per heavy atom. The summed E-state index contributed by atoms with van der Waals surface area (Å²) in [6, 6.07) is 17.9. The Balaban J connectivity index is 1.76. The van der Waals surface area contributed by atoms with Gasteiger partial charge in [-0.3, -0.25) is 4.79 Å². The van der Waals surface area contributed by atoms with Gasteiger partial charge in [0, 0.05) is 17.8 Å². The van der Waals surface area contributed by atoms with E-state index in [1.807, 2.05) is 31.1 Å². The van der Waals surface area contributed by atoms with Crippen molar-refractivity contribution < 1.29 is 13.6 Å². The van der Waals surface area contributed by atoms with E-state index in [1.54, 1.807) is 42.5 Å². The first-order chi connectivity index (χ1) is 16.2. The summed E-state index contributed by atoms with van der Waals surface area (Å²) in [5.74, 6) is -0.206. The summed E-state index contributed by atoms with van der Waals surface area (Å²) >= 11 is 11.1. The number of nitriles is 1. The Morgan fingerprint density at radius 3 is 2.24 bits per heavy atom. The average Bonchev–Trinajstić information content (AvgIpc) is 2.74. The number of hydrogen-bond acceptors (Lipinski definition) is 4. The van der Waals surface area contributed by atoms with E-state index in [0.29, 0.717) is 39.0 Å². The summed E-state index contributed by atoms with van der Waals surface area (Å²) in [5.41, 5.74) is 4.70. The van der Waals surface area contributed by atoms with Crippen LogP contribution in [0.25, 0.3) is 11.1 Å². The molecule has 2 N–H and O–H groups in total. The minimum atomic E-state index is -1.91. The van der Waals surface area contributed by atoms with Crippen molar-refractivity contribution >= 4 is 45.9 Å². The zero-order valence-corrected chi connectivity index (χ0v) is 21.0. The van der Waals surface area contributed by atoms with Gasteiger partial charge in [0.05, 0.1) is 33.9 Å². The van der Waals surface area contributed by atoms with E-state index in [2.05, 4.69) is 11.4 Å². The van der Waals surface area contributed by atoms with Crippen LogP contribution < -0.4 is 5.32 Å². The Bertz CT molecular complexity index is 1250. The Labute approximate surface area is 211 Å². The molecular weight excluding hydrogens is 493 g/mol. The Morgan fingerprint density at radius 1 is 1.06 bits per heavy atom. The molecule has 0 aliphatic carbocycles. The third kappa shape index (κ3) is 6.89. The molecule has 176 valence electrons. The lowest BCUT2D eigenvalue weighted by molar-refractivity contribution is -0.115. The number of rotatable bonds is 8. The van der Waals surface area contributed by atoms with Gasteiger partial charge < -0.3 is 14.8 Å². The second-order valence-electron chi connectivity index (χ2n) is 8.04. The smallest absolute Gasteiger partial charge is 0.228 e. The number of halogens is 2. The lowest BCUT2D eigenvalue weighted by Crippen LogP contribution is -2.14. The molecule has 0 heterocycles. The first kappa shape index (κ1) is 25.9. The minimum absolute atomic E-state index is 0.0457. The number of benzene rings is 3. The number of hydrogen-bond donors (Lipinski definition) is 2. The first-order valence-corrected chi connectivity index (χ1v) is 12.3. The number of carbonyl (C=O) groups is 1.